The van der Waals surface area contributed by atoms with Crippen LogP contribution in [0.3, 0.4) is 0 Å². The van der Waals surface area contributed by atoms with E-state index in [0.717, 1.165) is 22.3 Å². The van der Waals surface area contributed by atoms with E-state index >= 15 is 0 Å². The second kappa shape index (κ2) is 9.12. The zero-order valence-corrected chi connectivity index (χ0v) is 19.4. The highest BCUT2D eigenvalue weighted by Gasteiger charge is 2.22. The summed E-state index contributed by atoms with van der Waals surface area (Å²) in [6.45, 7) is 7.70. The summed E-state index contributed by atoms with van der Waals surface area (Å²) in [5.41, 5.74) is 4.67. The van der Waals surface area contributed by atoms with Crippen LogP contribution >= 0.6 is 11.6 Å². The number of benzene rings is 3. The molecule has 0 saturated heterocycles. The maximum absolute atomic E-state index is 12.9. The molecule has 0 aromatic heterocycles. The number of hydrogen-bond acceptors (Lipinski definition) is 3. The van der Waals surface area contributed by atoms with Gasteiger partial charge < -0.3 is 5.32 Å². The van der Waals surface area contributed by atoms with Gasteiger partial charge in [-0.15, -0.1) is 0 Å². The van der Waals surface area contributed by atoms with Gasteiger partial charge in [-0.3, -0.25) is 9.52 Å². The molecule has 5 nitrogen and oxygen atoms in total. The molecule has 7 heteroatoms. The molecular weight excluding hydrogens is 432 g/mol. The van der Waals surface area contributed by atoms with Crippen molar-refractivity contribution in [2.75, 3.05) is 4.72 Å². The van der Waals surface area contributed by atoms with E-state index in [1.807, 2.05) is 39.0 Å². The van der Waals surface area contributed by atoms with Crippen LogP contribution in [0.15, 0.2) is 65.6 Å². The minimum Gasteiger partial charge on any atom is -0.346 e. The number of amides is 1. The zero-order chi connectivity index (χ0) is 22.8. The quantitative estimate of drug-likeness (QED) is 0.510. The molecule has 162 valence electrons. The molecule has 0 radical (unpaired) electrons. The smallest absolute Gasteiger partial charge is 0.263 e. The Labute approximate surface area is 188 Å². The van der Waals surface area contributed by atoms with Crippen molar-refractivity contribution in [3.05, 3.63) is 93.5 Å². The van der Waals surface area contributed by atoms with Gasteiger partial charge in [0.1, 0.15) is 4.90 Å². The number of nitrogens with one attached hydrogen (secondary N) is 2. The van der Waals surface area contributed by atoms with Crippen molar-refractivity contribution in [2.45, 2.75) is 38.6 Å². The van der Waals surface area contributed by atoms with E-state index in [-0.39, 0.29) is 27.4 Å². The van der Waals surface area contributed by atoms with Crippen molar-refractivity contribution in [1.29, 1.82) is 0 Å². The third-order valence-electron chi connectivity index (χ3n) is 5.11. The van der Waals surface area contributed by atoms with Gasteiger partial charge in [-0.25, -0.2) is 8.42 Å². The maximum atomic E-state index is 12.9. The maximum Gasteiger partial charge on any atom is 0.263 e. The minimum atomic E-state index is -3.98. The Morgan fingerprint density at radius 3 is 2.32 bits per heavy atom. The van der Waals surface area contributed by atoms with Crippen LogP contribution in [0.5, 0.6) is 0 Å². The number of halogens is 1. The molecule has 3 aromatic carbocycles. The van der Waals surface area contributed by atoms with E-state index in [2.05, 4.69) is 16.1 Å². The van der Waals surface area contributed by atoms with Gasteiger partial charge in [-0.2, -0.15) is 0 Å². The van der Waals surface area contributed by atoms with Gasteiger partial charge in [0, 0.05) is 5.56 Å². The molecule has 2 N–H and O–H groups in total. The summed E-state index contributed by atoms with van der Waals surface area (Å²) in [5, 5.41) is 2.97. The molecular formula is C24H25ClN2O3S. The van der Waals surface area contributed by atoms with Crippen LogP contribution in [0.1, 0.15) is 45.6 Å². The van der Waals surface area contributed by atoms with Crippen molar-refractivity contribution in [1.82, 2.24) is 5.32 Å². The highest BCUT2D eigenvalue weighted by molar-refractivity contribution is 7.92. The summed E-state index contributed by atoms with van der Waals surface area (Å²) >= 11 is 6.18. The molecule has 0 fully saturated rings. The highest BCUT2D eigenvalue weighted by Crippen LogP contribution is 2.27. The predicted octanol–water partition coefficient (Wildman–Crippen LogP) is 5.56. The Morgan fingerprint density at radius 2 is 1.65 bits per heavy atom. The van der Waals surface area contributed by atoms with E-state index in [0.29, 0.717) is 5.69 Å². The summed E-state index contributed by atoms with van der Waals surface area (Å²) in [6.07, 6.45) is 0. The van der Waals surface area contributed by atoms with Crippen LogP contribution in [0.4, 0.5) is 5.69 Å². The van der Waals surface area contributed by atoms with Gasteiger partial charge >= 0.3 is 0 Å². The number of para-hydroxylation sites is 1. The number of anilines is 1. The molecule has 0 heterocycles. The van der Waals surface area contributed by atoms with Crippen LogP contribution in [0.2, 0.25) is 5.02 Å². The molecule has 1 atom stereocenters. The molecule has 0 aliphatic heterocycles. The molecule has 31 heavy (non-hydrogen) atoms. The van der Waals surface area contributed by atoms with Gasteiger partial charge in [0.05, 0.1) is 16.8 Å². The lowest BCUT2D eigenvalue weighted by atomic mass is 10.00. The normalized spacial score (nSPS) is 12.3. The van der Waals surface area contributed by atoms with Gasteiger partial charge in [-0.1, -0.05) is 53.6 Å². The molecule has 0 aliphatic carbocycles. The van der Waals surface area contributed by atoms with Crippen molar-refractivity contribution >= 4 is 33.2 Å². The summed E-state index contributed by atoms with van der Waals surface area (Å²) in [4.78, 5) is 12.7. The fourth-order valence-electron chi connectivity index (χ4n) is 3.41. The van der Waals surface area contributed by atoms with E-state index in [1.54, 1.807) is 25.1 Å². The lowest BCUT2D eigenvalue weighted by molar-refractivity contribution is 0.0939. The van der Waals surface area contributed by atoms with E-state index < -0.39 is 10.0 Å². The highest BCUT2D eigenvalue weighted by atomic mass is 35.5. The van der Waals surface area contributed by atoms with Gasteiger partial charge in [-0.05, 0) is 68.7 Å². The number of rotatable bonds is 6. The second-order valence-electron chi connectivity index (χ2n) is 7.62. The molecule has 0 bridgehead atoms. The fraction of sp³-hybridized carbons (Fsp3) is 0.208. The number of carbonyl (C=O) groups is 1. The lowest BCUT2D eigenvalue weighted by Gasteiger charge is -2.18. The van der Waals surface area contributed by atoms with Crippen molar-refractivity contribution in [3.8, 4) is 0 Å². The number of carbonyl (C=O) groups excluding carboxylic acids is 1. The number of hydrogen-bond donors (Lipinski definition) is 2. The first-order valence-corrected chi connectivity index (χ1v) is 11.7. The Morgan fingerprint density at radius 1 is 0.935 bits per heavy atom. The Bertz CT molecular complexity index is 1240. The molecule has 3 aromatic rings. The summed E-state index contributed by atoms with van der Waals surface area (Å²) in [6, 6.07) is 17.1. The lowest BCUT2D eigenvalue weighted by Crippen LogP contribution is -2.27. The van der Waals surface area contributed by atoms with Gasteiger partial charge in [0.2, 0.25) is 0 Å². The van der Waals surface area contributed by atoms with Crippen molar-refractivity contribution in [2.24, 2.45) is 0 Å². The monoisotopic (exact) mass is 456 g/mol. The third kappa shape index (κ3) is 5.27. The first-order valence-electron chi connectivity index (χ1n) is 9.84. The SMILES string of the molecule is Cc1ccc([C@@H](C)NC(=O)c2ccc(Cl)c(S(=O)(=O)Nc3ccccc3C)c2)c(C)c1. The van der Waals surface area contributed by atoms with Crippen LogP contribution < -0.4 is 10.0 Å². The zero-order valence-electron chi connectivity index (χ0n) is 17.9. The molecule has 0 unspecified atom stereocenters. The molecule has 1 amide bonds. The number of aryl methyl sites for hydroxylation is 3. The van der Waals surface area contributed by atoms with Crippen LogP contribution in [-0.4, -0.2) is 14.3 Å². The average Bonchev–Trinajstić information content (AvgIpc) is 2.69. The minimum absolute atomic E-state index is 0.0417. The van der Waals surface area contributed by atoms with Crippen molar-refractivity contribution in [3.63, 3.8) is 0 Å². The standard InChI is InChI=1S/C24H25ClN2O3S/c1-15-9-11-20(17(3)13-15)18(4)26-24(28)19-10-12-21(25)23(14-19)31(29,30)27-22-8-6-5-7-16(22)2/h5-14,18,27H,1-4H3,(H,26,28)/t18-/m1/s1. The molecule has 0 spiro atoms. The second-order valence-corrected chi connectivity index (χ2v) is 9.68. The Kier molecular flexibility index (Phi) is 6.72. The molecule has 0 aliphatic rings. The topological polar surface area (TPSA) is 75.3 Å². The van der Waals surface area contributed by atoms with Crippen LogP contribution in [-0.2, 0) is 10.0 Å². The Hall–Kier alpha value is -2.83. The fourth-order valence-corrected chi connectivity index (χ4v) is 5.06. The first kappa shape index (κ1) is 22.8. The van der Waals surface area contributed by atoms with Crippen LogP contribution in [0.25, 0.3) is 0 Å². The average molecular weight is 457 g/mol. The summed E-state index contributed by atoms with van der Waals surface area (Å²) in [7, 11) is -3.98. The predicted molar refractivity (Wildman–Crippen MR) is 125 cm³/mol. The van der Waals surface area contributed by atoms with E-state index in [4.69, 9.17) is 11.6 Å². The van der Waals surface area contributed by atoms with Gasteiger partial charge in [0.15, 0.2) is 0 Å². The Balaban J connectivity index is 1.86. The molecule has 0 saturated carbocycles. The van der Waals surface area contributed by atoms with Gasteiger partial charge in [0.25, 0.3) is 15.9 Å². The van der Waals surface area contributed by atoms with E-state index in [9.17, 15) is 13.2 Å². The summed E-state index contributed by atoms with van der Waals surface area (Å²) < 4.78 is 28.4. The van der Waals surface area contributed by atoms with Crippen molar-refractivity contribution < 1.29 is 13.2 Å². The first-order chi connectivity index (χ1) is 14.6. The molecule has 3 rings (SSSR count). The third-order valence-corrected chi connectivity index (χ3v) is 6.96. The van der Waals surface area contributed by atoms with Crippen LogP contribution in [0, 0.1) is 20.8 Å². The summed E-state index contributed by atoms with van der Waals surface area (Å²) in [5.74, 6) is -0.378. The van der Waals surface area contributed by atoms with E-state index in [1.165, 1.54) is 18.2 Å². The number of sulfonamides is 1. The largest absolute Gasteiger partial charge is 0.346 e.